The summed E-state index contributed by atoms with van der Waals surface area (Å²) in [6.45, 7) is 7.48. The van der Waals surface area contributed by atoms with Gasteiger partial charge in [-0.05, 0) is 48.8 Å². The molecule has 1 unspecified atom stereocenters. The van der Waals surface area contributed by atoms with Crippen LogP contribution < -0.4 is 5.56 Å². The number of hydrogen-bond acceptors (Lipinski definition) is 6. The van der Waals surface area contributed by atoms with Crippen molar-refractivity contribution in [1.82, 2.24) is 14.5 Å². The summed E-state index contributed by atoms with van der Waals surface area (Å²) in [5.74, 6) is 1.91. The number of carbonyl (C=O) groups is 1. The van der Waals surface area contributed by atoms with Gasteiger partial charge in [0, 0.05) is 18.5 Å². The minimum Gasteiger partial charge on any atom is -0.467 e. The summed E-state index contributed by atoms with van der Waals surface area (Å²) < 4.78 is 7.11. The molecule has 3 heterocycles. The third-order valence-electron chi connectivity index (χ3n) is 5.65. The normalized spacial score (nSPS) is 16.1. The van der Waals surface area contributed by atoms with Crippen LogP contribution >= 0.6 is 23.1 Å². The minimum absolute atomic E-state index is 0.0221. The lowest BCUT2D eigenvalue weighted by atomic mass is 9.89. The molecule has 0 saturated heterocycles. The fourth-order valence-corrected chi connectivity index (χ4v) is 6.38. The molecule has 3 aromatic heterocycles. The van der Waals surface area contributed by atoms with E-state index < -0.39 is 0 Å². The van der Waals surface area contributed by atoms with E-state index in [1.54, 1.807) is 34.1 Å². The van der Waals surface area contributed by atoms with E-state index in [1.165, 1.54) is 22.2 Å². The summed E-state index contributed by atoms with van der Waals surface area (Å²) in [5.41, 5.74) is 1.25. The Morgan fingerprint density at radius 1 is 1.45 bits per heavy atom. The molecule has 0 fully saturated rings. The molecule has 0 aromatic carbocycles. The van der Waals surface area contributed by atoms with Crippen LogP contribution in [0.1, 0.15) is 43.4 Å². The SMILES string of the molecule is CC(C)Cn1c(SCC(=O)N(C)Cc2ccco2)nc2sc3c(c2c1=O)CCC(C)C3. The van der Waals surface area contributed by atoms with Crippen LogP contribution in [0.5, 0.6) is 0 Å². The second kappa shape index (κ2) is 9.20. The second-order valence-corrected chi connectivity index (χ2v) is 10.9. The van der Waals surface area contributed by atoms with Crippen molar-refractivity contribution in [3.8, 4) is 0 Å². The molecule has 4 rings (SSSR count). The van der Waals surface area contributed by atoms with Crippen molar-refractivity contribution < 1.29 is 9.21 Å². The van der Waals surface area contributed by atoms with Crippen molar-refractivity contribution in [2.75, 3.05) is 12.8 Å². The zero-order valence-corrected chi connectivity index (χ0v) is 20.1. The van der Waals surface area contributed by atoms with Gasteiger partial charge in [0.25, 0.3) is 5.56 Å². The largest absolute Gasteiger partial charge is 0.467 e. The van der Waals surface area contributed by atoms with Gasteiger partial charge in [-0.1, -0.05) is 32.5 Å². The van der Waals surface area contributed by atoms with Crippen molar-refractivity contribution in [3.05, 3.63) is 45.0 Å². The maximum absolute atomic E-state index is 13.5. The van der Waals surface area contributed by atoms with Crippen molar-refractivity contribution >= 4 is 39.2 Å². The van der Waals surface area contributed by atoms with Gasteiger partial charge in [0.05, 0.1) is 23.9 Å². The molecule has 1 aliphatic carbocycles. The molecular formula is C23H29N3O3S2. The Morgan fingerprint density at radius 3 is 2.97 bits per heavy atom. The third-order valence-corrected chi connectivity index (χ3v) is 7.76. The Hall–Kier alpha value is -2.06. The quantitative estimate of drug-likeness (QED) is 0.382. The number of thioether (sulfide) groups is 1. The molecule has 6 nitrogen and oxygen atoms in total. The molecular weight excluding hydrogens is 430 g/mol. The predicted molar refractivity (Wildman–Crippen MR) is 126 cm³/mol. The predicted octanol–water partition coefficient (Wildman–Crippen LogP) is 4.58. The first kappa shape index (κ1) is 22.1. The average Bonchev–Trinajstić information content (AvgIpc) is 3.35. The second-order valence-electron chi connectivity index (χ2n) is 8.85. The van der Waals surface area contributed by atoms with E-state index in [2.05, 4.69) is 20.8 Å². The van der Waals surface area contributed by atoms with Crippen molar-refractivity contribution in [2.45, 2.75) is 58.3 Å². The van der Waals surface area contributed by atoms with Crippen LogP contribution in [-0.2, 0) is 30.7 Å². The number of thiophene rings is 1. The van der Waals surface area contributed by atoms with Crippen LogP contribution in [0.15, 0.2) is 32.8 Å². The molecule has 1 amide bonds. The topological polar surface area (TPSA) is 68.3 Å². The molecule has 0 aliphatic heterocycles. The lowest BCUT2D eigenvalue weighted by Gasteiger charge is -2.18. The van der Waals surface area contributed by atoms with E-state index in [1.807, 2.05) is 12.1 Å². The lowest BCUT2D eigenvalue weighted by Crippen LogP contribution is -2.29. The zero-order valence-electron chi connectivity index (χ0n) is 18.5. The highest BCUT2D eigenvalue weighted by atomic mass is 32.2. The van der Waals surface area contributed by atoms with Gasteiger partial charge in [-0.3, -0.25) is 14.2 Å². The number of carbonyl (C=O) groups excluding carboxylic acids is 1. The molecule has 3 aromatic rings. The maximum Gasteiger partial charge on any atom is 0.263 e. The van der Waals surface area contributed by atoms with Gasteiger partial charge in [0.1, 0.15) is 10.6 Å². The number of furan rings is 1. The summed E-state index contributed by atoms with van der Waals surface area (Å²) in [5, 5.41) is 1.44. The summed E-state index contributed by atoms with van der Waals surface area (Å²) >= 11 is 3.01. The highest BCUT2D eigenvalue weighted by molar-refractivity contribution is 7.99. The highest BCUT2D eigenvalue weighted by Crippen LogP contribution is 2.36. The van der Waals surface area contributed by atoms with Gasteiger partial charge in [-0.2, -0.15) is 0 Å². The van der Waals surface area contributed by atoms with Crippen molar-refractivity contribution in [2.24, 2.45) is 11.8 Å². The molecule has 8 heteroatoms. The number of aryl methyl sites for hydroxylation is 1. The third kappa shape index (κ3) is 4.75. The first-order valence-electron chi connectivity index (χ1n) is 10.8. The molecule has 0 radical (unpaired) electrons. The average molecular weight is 460 g/mol. The fourth-order valence-electron chi connectivity index (χ4n) is 4.00. The Balaban J connectivity index is 1.61. The molecule has 0 spiro atoms. The number of fused-ring (bicyclic) bond motifs is 3. The van der Waals surface area contributed by atoms with Gasteiger partial charge in [0.2, 0.25) is 5.91 Å². The van der Waals surface area contributed by atoms with Gasteiger partial charge < -0.3 is 9.32 Å². The van der Waals surface area contributed by atoms with E-state index in [4.69, 9.17) is 9.40 Å². The Bertz CT molecular complexity index is 1130. The van der Waals surface area contributed by atoms with Gasteiger partial charge in [-0.15, -0.1) is 11.3 Å². The van der Waals surface area contributed by atoms with E-state index >= 15 is 0 Å². The molecule has 0 bridgehead atoms. The molecule has 0 saturated carbocycles. The van der Waals surface area contributed by atoms with Gasteiger partial charge in [0.15, 0.2) is 5.16 Å². The first-order chi connectivity index (χ1) is 14.8. The number of hydrogen-bond donors (Lipinski definition) is 0. The van der Waals surface area contributed by atoms with Crippen LogP contribution in [0, 0.1) is 11.8 Å². The first-order valence-corrected chi connectivity index (χ1v) is 12.6. The van der Waals surface area contributed by atoms with Crippen molar-refractivity contribution in [1.29, 1.82) is 0 Å². The zero-order chi connectivity index (χ0) is 22.1. The van der Waals surface area contributed by atoms with Crippen molar-refractivity contribution in [3.63, 3.8) is 0 Å². The number of aromatic nitrogens is 2. The molecule has 1 atom stereocenters. The summed E-state index contributed by atoms with van der Waals surface area (Å²) in [7, 11) is 1.76. The number of nitrogens with zero attached hydrogens (tertiary/aromatic N) is 3. The van der Waals surface area contributed by atoms with Crippen LogP contribution in [0.4, 0.5) is 0 Å². The molecule has 0 N–H and O–H groups in total. The molecule has 31 heavy (non-hydrogen) atoms. The van der Waals surface area contributed by atoms with E-state index in [-0.39, 0.29) is 17.2 Å². The summed E-state index contributed by atoms with van der Waals surface area (Å²) in [6.07, 6.45) is 4.71. The number of amides is 1. The Labute approximate surface area is 190 Å². The smallest absolute Gasteiger partial charge is 0.263 e. The lowest BCUT2D eigenvalue weighted by molar-refractivity contribution is -0.127. The van der Waals surface area contributed by atoms with E-state index in [0.29, 0.717) is 30.1 Å². The summed E-state index contributed by atoms with van der Waals surface area (Å²) in [4.78, 5) is 34.8. The summed E-state index contributed by atoms with van der Waals surface area (Å²) in [6, 6.07) is 3.67. The standard InChI is InChI=1S/C23H29N3O3S2/c1-14(2)11-26-22(28)20-17-8-7-15(3)10-18(17)31-21(20)24-23(26)30-13-19(27)25(4)12-16-6-5-9-29-16/h5-6,9,14-15H,7-8,10-13H2,1-4H3. The Kier molecular flexibility index (Phi) is 6.57. The molecule has 1 aliphatic rings. The number of rotatable bonds is 7. The monoisotopic (exact) mass is 459 g/mol. The van der Waals surface area contributed by atoms with Crippen LogP contribution in [0.3, 0.4) is 0 Å². The fraction of sp³-hybridized carbons (Fsp3) is 0.522. The van der Waals surface area contributed by atoms with Gasteiger partial charge >= 0.3 is 0 Å². The minimum atomic E-state index is -0.0221. The molecule has 166 valence electrons. The van der Waals surface area contributed by atoms with E-state index in [9.17, 15) is 9.59 Å². The van der Waals surface area contributed by atoms with Crippen LogP contribution in [-0.4, -0.2) is 33.2 Å². The van der Waals surface area contributed by atoms with Crippen LogP contribution in [0.25, 0.3) is 10.2 Å². The highest BCUT2D eigenvalue weighted by Gasteiger charge is 2.25. The maximum atomic E-state index is 13.5. The van der Waals surface area contributed by atoms with Gasteiger partial charge in [-0.25, -0.2) is 4.98 Å². The van der Waals surface area contributed by atoms with Crippen LogP contribution in [0.2, 0.25) is 0 Å². The van der Waals surface area contributed by atoms with E-state index in [0.717, 1.165) is 35.2 Å². The Morgan fingerprint density at radius 2 is 2.26 bits per heavy atom.